The van der Waals surface area contributed by atoms with Crippen LogP contribution in [-0.2, 0) is 14.3 Å². The van der Waals surface area contributed by atoms with Crippen molar-refractivity contribution in [1.82, 2.24) is 0 Å². The predicted octanol–water partition coefficient (Wildman–Crippen LogP) is 6.38. The van der Waals surface area contributed by atoms with Crippen molar-refractivity contribution in [3.05, 3.63) is 0 Å². The molecule has 0 saturated carbocycles. The van der Waals surface area contributed by atoms with Crippen molar-refractivity contribution in [1.29, 1.82) is 0 Å². The van der Waals surface area contributed by atoms with Gasteiger partial charge in [-0.15, -0.1) is 0 Å². The summed E-state index contributed by atoms with van der Waals surface area (Å²) in [7, 11) is 1.45. The van der Waals surface area contributed by atoms with Gasteiger partial charge in [-0.25, -0.2) is 0 Å². The first kappa shape index (κ1) is 23.1. The summed E-state index contributed by atoms with van der Waals surface area (Å²) in [5.74, 6) is 0.382. The molecule has 0 aliphatic carbocycles. The van der Waals surface area contributed by atoms with Crippen molar-refractivity contribution < 1.29 is 14.3 Å². The highest BCUT2D eigenvalue weighted by molar-refractivity contribution is 5.78. The molecule has 0 aliphatic rings. The monoisotopic (exact) mass is 340 g/mol. The van der Waals surface area contributed by atoms with E-state index in [-0.39, 0.29) is 5.97 Å². The van der Waals surface area contributed by atoms with Gasteiger partial charge in [0.15, 0.2) is 0 Å². The molecule has 142 valence electrons. The van der Waals surface area contributed by atoms with E-state index in [1.807, 2.05) is 0 Å². The van der Waals surface area contributed by atoms with E-state index in [9.17, 15) is 9.59 Å². The Kier molecular flexibility index (Phi) is 17.8. The Hall–Kier alpha value is -0.860. The second-order valence-electron chi connectivity index (χ2n) is 6.96. The standard InChI is InChI=1S/C21H40O3/c1-3-4-5-14-17-20(22)18-15-12-10-8-6-7-9-11-13-16-19-21(23)24-2/h3-19H2,1-2H3. The molecule has 0 unspecified atom stereocenters. The average molecular weight is 341 g/mol. The van der Waals surface area contributed by atoms with Crippen LogP contribution in [0, 0.1) is 0 Å². The largest absolute Gasteiger partial charge is 0.469 e. The molecular formula is C21H40O3. The number of carbonyl (C=O) groups excluding carboxylic acids is 2. The molecule has 3 nitrogen and oxygen atoms in total. The molecule has 24 heavy (non-hydrogen) atoms. The summed E-state index contributed by atoms with van der Waals surface area (Å²) in [6.45, 7) is 2.20. The Labute approximate surface area is 149 Å². The molecule has 0 aromatic rings. The Morgan fingerprint density at radius 3 is 1.38 bits per heavy atom. The molecule has 0 saturated heterocycles. The highest BCUT2D eigenvalue weighted by atomic mass is 16.5. The Bertz CT molecular complexity index is 299. The lowest BCUT2D eigenvalue weighted by Gasteiger charge is -2.03. The number of Topliss-reactive ketones (excluding diaryl/α,β-unsaturated/α-hetero) is 1. The second-order valence-corrected chi connectivity index (χ2v) is 6.96. The summed E-state index contributed by atoms with van der Waals surface area (Å²) >= 11 is 0. The maximum Gasteiger partial charge on any atom is 0.305 e. The van der Waals surface area contributed by atoms with Gasteiger partial charge in [0.2, 0.25) is 0 Å². The molecule has 0 aliphatic heterocycles. The van der Waals surface area contributed by atoms with Crippen LogP contribution in [-0.4, -0.2) is 18.9 Å². The lowest BCUT2D eigenvalue weighted by molar-refractivity contribution is -0.140. The van der Waals surface area contributed by atoms with Gasteiger partial charge in [-0.3, -0.25) is 9.59 Å². The molecule has 0 heterocycles. The van der Waals surface area contributed by atoms with Gasteiger partial charge < -0.3 is 4.74 Å². The van der Waals surface area contributed by atoms with Crippen LogP contribution in [0.25, 0.3) is 0 Å². The van der Waals surface area contributed by atoms with Gasteiger partial charge in [0.05, 0.1) is 7.11 Å². The van der Waals surface area contributed by atoms with Gasteiger partial charge in [-0.2, -0.15) is 0 Å². The van der Waals surface area contributed by atoms with Gasteiger partial charge in [-0.05, 0) is 19.3 Å². The van der Waals surface area contributed by atoms with Crippen molar-refractivity contribution in [3.63, 3.8) is 0 Å². The zero-order valence-corrected chi connectivity index (χ0v) is 16.2. The summed E-state index contributed by atoms with van der Waals surface area (Å²) in [6, 6.07) is 0. The first-order valence-corrected chi connectivity index (χ1v) is 10.3. The first-order chi connectivity index (χ1) is 11.7. The fraction of sp³-hybridized carbons (Fsp3) is 0.905. The third-order valence-electron chi connectivity index (χ3n) is 4.62. The molecule has 0 aromatic carbocycles. The molecule has 0 atom stereocenters. The van der Waals surface area contributed by atoms with Gasteiger partial charge in [0.1, 0.15) is 5.78 Å². The highest BCUT2D eigenvalue weighted by Crippen LogP contribution is 2.13. The molecule has 0 bridgehead atoms. The van der Waals surface area contributed by atoms with Gasteiger partial charge in [-0.1, -0.05) is 77.6 Å². The van der Waals surface area contributed by atoms with Crippen molar-refractivity contribution in [2.24, 2.45) is 0 Å². The second kappa shape index (κ2) is 18.5. The number of esters is 1. The molecule has 0 radical (unpaired) electrons. The van der Waals surface area contributed by atoms with Crippen LogP contribution >= 0.6 is 0 Å². The fourth-order valence-electron chi connectivity index (χ4n) is 2.98. The van der Waals surface area contributed by atoms with Crippen LogP contribution in [0.2, 0.25) is 0 Å². The van der Waals surface area contributed by atoms with E-state index in [4.69, 9.17) is 0 Å². The summed E-state index contributed by atoms with van der Waals surface area (Å²) < 4.78 is 4.63. The molecular weight excluding hydrogens is 300 g/mol. The molecule has 0 N–H and O–H groups in total. The van der Waals surface area contributed by atoms with Crippen molar-refractivity contribution in [2.75, 3.05) is 7.11 Å². The van der Waals surface area contributed by atoms with E-state index < -0.39 is 0 Å². The number of unbranched alkanes of at least 4 members (excludes halogenated alkanes) is 12. The number of carbonyl (C=O) groups is 2. The van der Waals surface area contributed by atoms with Crippen molar-refractivity contribution in [2.45, 2.75) is 116 Å². The Balaban J connectivity index is 3.14. The quantitative estimate of drug-likeness (QED) is 0.215. The highest BCUT2D eigenvalue weighted by Gasteiger charge is 2.02. The summed E-state index contributed by atoms with van der Waals surface area (Å²) in [6.07, 6.45) is 19.0. The van der Waals surface area contributed by atoms with Crippen LogP contribution < -0.4 is 0 Å². The van der Waals surface area contributed by atoms with Gasteiger partial charge in [0.25, 0.3) is 0 Å². The van der Waals surface area contributed by atoms with E-state index in [1.54, 1.807) is 0 Å². The number of rotatable bonds is 18. The maximum atomic E-state index is 11.7. The molecule has 0 amide bonds. The number of hydrogen-bond donors (Lipinski definition) is 0. The lowest BCUT2D eigenvalue weighted by Crippen LogP contribution is -1.99. The molecule has 0 rings (SSSR count). The fourth-order valence-corrected chi connectivity index (χ4v) is 2.98. The van der Waals surface area contributed by atoms with Gasteiger partial charge in [0, 0.05) is 19.3 Å². The SMILES string of the molecule is CCCCCCC(=O)CCCCCCCCCCCCC(=O)OC. The minimum Gasteiger partial charge on any atom is -0.469 e. The normalized spacial score (nSPS) is 10.8. The summed E-state index contributed by atoms with van der Waals surface area (Å²) in [5.41, 5.74) is 0. The zero-order chi connectivity index (χ0) is 17.9. The van der Waals surface area contributed by atoms with E-state index in [0.717, 1.165) is 38.5 Å². The van der Waals surface area contributed by atoms with E-state index in [0.29, 0.717) is 12.2 Å². The number of ketones is 1. The number of methoxy groups -OCH3 is 1. The minimum atomic E-state index is -0.0885. The van der Waals surface area contributed by atoms with Gasteiger partial charge >= 0.3 is 5.97 Å². The Morgan fingerprint density at radius 1 is 0.583 bits per heavy atom. The maximum absolute atomic E-state index is 11.7. The topological polar surface area (TPSA) is 43.4 Å². The van der Waals surface area contributed by atoms with Crippen molar-refractivity contribution in [3.8, 4) is 0 Å². The van der Waals surface area contributed by atoms with E-state index in [1.165, 1.54) is 71.3 Å². The van der Waals surface area contributed by atoms with Crippen LogP contribution in [0.5, 0.6) is 0 Å². The molecule has 0 spiro atoms. The lowest BCUT2D eigenvalue weighted by atomic mass is 10.0. The first-order valence-electron chi connectivity index (χ1n) is 10.3. The van der Waals surface area contributed by atoms with E-state index in [2.05, 4.69) is 11.7 Å². The molecule has 3 heteroatoms. The van der Waals surface area contributed by atoms with E-state index >= 15 is 0 Å². The smallest absolute Gasteiger partial charge is 0.305 e. The van der Waals surface area contributed by atoms with Crippen LogP contribution in [0.3, 0.4) is 0 Å². The number of hydrogen-bond acceptors (Lipinski definition) is 3. The average Bonchev–Trinajstić information content (AvgIpc) is 2.59. The van der Waals surface area contributed by atoms with Crippen LogP contribution in [0.1, 0.15) is 116 Å². The third kappa shape index (κ3) is 17.5. The summed E-state index contributed by atoms with van der Waals surface area (Å²) in [4.78, 5) is 22.6. The molecule has 0 fully saturated rings. The van der Waals surface area contributed by atoms with Crippen LogP contribution in [0.15, 0.2) is 0 Å². The van der Waals surface area contributed by atoms with Crippen molar-refractivity contribution >= 4 is 11.8 Å². The minimum absolute atomic E-state index is 0.0885. The summed E-state index contributed by atoms with van der Waals surface area (Å²) in [5, 5.41) is 0. The predicted molar refractivity (Wildman–Crippen MR) is 101 cm³/mol. The zero-order valence-electron chi connectivity index (χ0n) is 16.2. The Morgan fingerprint density at radius 2 is 0.958 bits per heavy atom. The third-order valence-corrected chi connectivity index (χ3v) is 4.62. The number of ether oxygens (including phenoxy) is 1. The molecule has 0 aromatic heterocycles. The van der Waals surface area contributed by atoms with Crippen LogP contribution in [0.4, 0.5) is 0 Å².